The summed E-state index contributed by atoms with van der Waals surface area (Å²) in [6.45, 7) is 2.33. The van der Waals surface area contributed by atoms with Crippen LogP contribution in [0.5, 0.6) is 5.75 Å². The van der Waals surface area contributed by atoms with E-state index in [0.717, 1.165) is 0 Å². The highest BCUT2D eigenvalue weighted by atomic mass is 35.5. The van der Waals surface area contributed by atoms with Gasteiger partial charge in [0.15, 0.2) is 0 Å². The summed E-state index contributed by atoms with van der Waals surface area (Å²) in [4.78, 5) is 12.3. The summed E-state index contributed by atoms with van der Waals surface area (Å²) in [6, 6.07) is 11.8. The summed E-state index contributed by atoms with van der Waals surface area (Å²) in [5.74, 6) is 0.224. The molecular weight excluding hydrogens is 297 g/mol. The lowest BCUT2D eigenvalue weighted by molar-refractivity contribution is 0.102. The molecule has 0 saturated heterocycles. The topological polar surface area (TPSA) is 38.3 Å². The number of hydrogen-bond donors (Lipinski definition) is 1. The van der Waals surface area contributed by atoms with E-state index in [4.69, 9.17) is 27.9 Å². The molecule has 5 heteroatoms. The van der Waals surface area contributed by atoms with Crippen LogP contribution in [0.2, 0.25) is 10.0 Å². The fraction of sp³-hybridized carbons (Fsp3) is 0.133. The Morgan fingerprint density at radius 3 is 2.40 bits per heavy atom. The molecule has 0 aromatic heterocycles. The van der Waals surface area contributed by atoms with Crippen molar-refractivity contribution in [2.45, 2.75) is 6.92 Å². The van der Waals surface area contributed by atoms with Crippen molar-refractivity contribution >= 4 is 34.8 Å². The quantitative estimate of drug-likeness (QED) is 0.893. The van der Waals surface area contributed by atoms with Gasteiger partial charge in [-0.2, -0.15) is 0 Å². The number of halogens is 2. The molecule has 0 aliphatic heterocycles. The molecule has 104 valence electrons. The lowest BCUT2D eigenvalue weighted by Gasteiger charge is -2.11. The number of hydrogen-bond acceptors (Lipinski definition) is 2. The van der Waals surface area contributed by atoms with Gasteiger partial charge in [-0.25, -0.2) is 0 Å². The zero-order chi connectivity index (χ0) is 14.5. The number of carbonyl (C=O) groups excluding carboxylic acids is 1. The van der Waals surface area contributed by atoms with Crippen LogP contribution in [0.15, 0.2) is 42.5 Å². The molecular formula is C15H13Cl2NO2. The smallest absolute Gasteiger partial charge is 0.259 e. The van der Waals surface area contributed by atoms with Crippen molar-refractivity contribution in [1.29, 1.82) is 0 Å². The molecule has 2 aromatic rings. The molecule has 0 heterocycles. The second-order valence-electron chi connectivity index (χ2n) is 4.03. The highest BCUT2D eigenvalue weighted by Crippen LogP contribution is 2.24. The van der Waals surface area contributed by atoms with Crippen LogP contribution >= 0.6 is 23.2 Å². The summed E-state index contributed by atoms with van der Waals surface area (Å²) in [7, 11) is 0. The van der Waals surface area contributed by atoms with Crippen molar-refractivity contribution in [3.63, 3.8) is 0 Å². The van der Waals surface area contributed by atoms with E-state index >= 15 is 0 Å². The Balaban J connectivity index is 2.23. The van der Waals surface area contributed by atoms with Crippen LogP contribution in [0.25, 0.3) is 0 Å². The summed E-state index contributed by atoms with van der Waals surface area (Å²) in [5.41, 5.74) is 1.05. The minimum Gasteiger partial charge on any atom is -0.493 e. The minimum atomic E-state index is -0.279. The van der Waals surface area contributed by atoms with Gasteiger partial charge < -0.3 is 10.1 Å². The van der Waals surface area contributed by atoms with E-state index in [2.05, 4.69) is 5.32 Å². The first-order valence-corrected chi connectivity index (χ1v) is 6.85. The van der Waals surface area contributed by atoms with E-state index in [-0.39, 0.29) is 5.91 Å². The normalized spacial score (nSPS) is 10.2. The number of anilines is 1. The standard InChI is InChI=1S/C15H13Cl2NO2/c1-2-20-14-8-5-11(17)9-13(14)15(19)18-12-6-3-10(16)4-7-12/h3-9H,2H2,1H3,(H,18,19). The predicted octanol–water partition coefficient (Wildman–Crippen LogP) is 4.64. The average molecular weight is 310 g/mol. The van der Waals surface area contributed by atoms with Crippen LogP contribution in [0, 0.1) is 0 Å². The summed E-state index contributed by atoms with van der Waals surface area (Å²) >= 11 is 11.7. The Morgan fingerprint density at radius 1 is 1.10 bits per heavy atom. The SMILES string of the molecule is CCOc1ccc(Cl)cc1C(=O)Nc1ccc(Cl)cc1. The second-order valence-corrected chi connectivity index (χ2v) is 4.91. The van der Waals surface area contributed by atoms with Gasteiger partial charge in [0.2, 0.25) is 0 Å². The summed E-state index contributed by atoms with van der Waals surface area (Å²) in [6.07, 6.45) is 0. The van der Waals surface area contributed by atoms with Gasteiger partial charge in [0.05, 0.1) is 12.2 Å². The number of ether oxygens (including phenoxy) is 1. The second kappa shape index (κ2) is 6.64. The molecule has 2 rings (SSSR count). The maximum absolute atomic E-state index is 12.3. The van der Waals surface area contributed by atoms with Crippen molar-refractivity contribution in [2.24, 2.45) is 0 Å². The highest BCUT2D eigenvalue weighted by Gasteiger charge is 2.13. The maximum Gasteiger partial charge on any atom is 0.259 e. The minimum absolute atomic E-state index is 0.279. The zero-order valence-corrected chi connectivity index (χ0v) is 12.3. The van der Waals surface area contributed by atoms with Crippen LogP contribution in [0.1, 0.15) is 17.3 Å². The Morgan fingerprint density at radius 2 is 1.75 bits per heavy atom. The summed E-state index contributed by atoms with van der Waals surface area (Å²) < 4.78 is 5.43. The third-order valence-corrected chi connectivity index (χ3v) is 3.08. The van der Waals surface area contributed by atoms with Gasteiger partial charge in [-0.05, 0) is 49.4 Å². The molecule has 1 N–H and O–H groups in total. The number of amides is 1. The van der Waals surface area contributed by atoms with Gasteiger partial charge in [0.1, 0.15) is 5.75 Å². The number of rotatable bonds is 4. The fourth-order valence-corrected chi connectivity index (χ4v) is 1.99. The molecule has 0 aliphatic rings. The first-order chi connectivity index (χ1) is 9.60. The Bertz CT molecular complexity index is 612. The highest BCUT2D eigenvalue weighted by molar-refractivity contribution is 6.31. The molecule has 0 bridgehead atoms. The lowest BCUT2D eigenvalue weighted by atomic mass is 10.2. The Kier molecular flexibility index (Phi) is 4.88. The fourth-order valence-electron chi connectivity index (χ4n) is 1.69. The number of benzene rings is 2. The molecule has 3 nitrogen and oxygen atoms in total. The largest absolute Gasteiger partial charge is 0.493 e. The molecule has 0 atom stereocenters. The van der Waals surface area contributed by atoms with E-state index in [1.54, 1.807) is 42.5 Å². The first kappa shape index (κ1) is 14.7. The molecule has 0 spiro atoms. The predicted molar refractivity (Wildman–Crippen MR) is 82.0 cm³/mol. The summed E-state index contributed by atoms with van der Waals surface area (Å²) in [5, 5.41) is 3.87. The van der Waals surface area contributed by atoms with Gasteiger partial charge in [-0.15, -0.1) is 0 Å². The average Bonchev–Trinajstić information content (AvgIpc) is 2.43. The van der Waals surface area contributed by atoms with E-state index in [9.17, 15) is 4.79 Å². The molecule has 2 aromatic carbocycles. The van der Waals surface area contributed by atoms with E-state index < -0.39 is 0 Å². The maximum atomic E-state index is 12.3. The van der Waals surface area contributed by atoms with Crippen LogP contribution in [0.3, 0.4) is 0 Å². The van der Waals surface area contributed by atoms with Gasteiger partial charge in [-0.3, -0.25) is 4.79 Å². The van der Waals surface area contributed by atoms with E-state index in [0.29, 0.717) is 33.7 Å². The molecule has 0 saturated carbocycles. The lowest BCUT2D eigenvalue weighted by Crippen LogP contribution is -2.13. The Hall–Kier alpha value is -1.71. The third kappa shape index (κ3) is 3.65. The number of carbonyl (C=O) groups is 1. The van der Waals surface area contributed by atoms with Crippen molar-refractivity contribution in [1.82, 2.24) is 0 Å². The number of nitrogens with one attached hydrogen (secondary N) is 1. The Labute approximate surface area is 127 Å². The molecule has 0 unspecified atom stereocenters. The van der Waals surface area contributed by atoms with Gasteiger partial charge in [0, 0.05) is 15.7 Å². The van der Waals surface area contributed by atoms with Crippen molar-refractivity contribution in [3.05, 3.63) is 58.1 Å². The van der Waals surface area contributed by atoms with Crippen LogP contribution in [-0.4, -0.2) is 12.5 Å². The van der Waals surface area contributed by atoms with Crippen LogP contribution in [0.4, 0.5) is 5.69 Å². The van der Waals surface area contributed by atoms with Crippen molar-refractivity contribution in [2.75, 3.05) is 11.9 Å². The van der Waals surface area contributed by atoms with Gasteiger partial charge >= 0.3 is 0 Å². The van der Waals surface area contributed by atoms with E-state index in [1.807, 2.05) is 6.92 Å². The zero-order valence-electron chi connectivity index (χ0n) is 10.8. The van der Waals surface area contributed by atoms with Gasteiger partial charge in [-0.1, -0.05) is 23.2 Å². The third-order valence-electron chi connectivity index (χ3n) is 2.59. The van der Waals surface area contributed by atoms with Crippen molar-refractivity contribution < 1.29 is 9.53 Å². The first-order valence-electron chi connectivity index (χ1n) is 6.09. The van der Waals surface area contributed by atoms with Crippen LogP contribution in [-0.2, 0) is 0 Å². The van der Waals surface area contributed by atoms with E-state index in [1.165, 1.54) is 0 Å². The molecule has 20 heavy (non-hydrogen) atoms. The molecule has 0 radical (unpaired) electrons. The molecule has 0 fully saturated rings. The van der Waals surface area contributed by atoms with Crippen molar-refractivity contribution in [3.8, 4) is 5.75 Å². The molecule has 0 aliphatic carbocycles. The monoisotopic (exact) mass is 309 g/mol. The molecule has 1 amide bonds. The van der Waals surface area contributed by atoms with Crippen LogP contribution < -0.4 is 10.1 Å². The van der Waals surface area contributed by atoms with Gasteiger partial charge in [0.25, 0.3) is 5.91 Å².